The van der Waals surface area contributed by atoms with E-state index in [-0.39, 0.29) is 23.7 Å². The summed E-state index contributed by atoms with van der Waals surface area (Å²) in [7, 11) is 0. The fourth-order valence-corrected chi connectivity index (χ4v) is 4.94. The van der Waals surface area contributed by atoms with Crippen LogP contribution in [0.25, 0.3) is 0 Å². The fourth-order valence-electron chi connectivity index (χ4n) is 4.15. The van der Waals surface area contributed by atoms with Crippen LogP contribution in [0.5, 0.6) is 0 Å². The lowest BCUT2D eigenvalue weighted by molar-refractivity contribution is -0.132. The van der Waals surface area contributed by atoms with Gasteiger partial charge in [0.25, 0.3) is 5.91 Å². The van der Waals surface area contributed by atoms with Gasteiger partial charge in [-0.25, -0.2) is 4.79 Å². The third-order valence-corrected chi connectivity index (χ3v) is 7.46. The maximum absolute atomic E-state index is 13.0. The van der Waals surface area contributed by atoms with Crippen LogP contribution in [-0.2, 0) is 4.79 Å². The largest absolute Gasteiger partial charge is 0.325 e. The number of Topliss-reactive ketones (excluding diaryl/α,β-unsaturated/α-hetero) is 1. The second kappa shape index (κ2) is 6.80. The number of ketones is 1. The minimum atomic E-state index is -0.803. The van der Waals surface area contributed by atoms with E-state index in [1.165, 1.54) is 11.3 Å². The van der Waals surface area contributed by atoms with Crippen LogP contribution in [-0.4, -0.2) is 34.7 Å². The number of imide groups is 1. The Kier molecular flexibility index (Phi) is 4.99. The van der Waals surface area contributed by atoms with Crippen molar-refractivity contribution in [2.24, 2.45) is 11.3 Å². The summed E-state index contributed by atoms with van der Waals surface area (Å²) in [6.45, 7) is 8.51. The Bertz CT molecular complexity index is 729. The highest BCUT2D eigenvalue weighted by atomic mass is 32.1. The van der Waals surface area contributed by atoms with Gasteiger partial charge in [-0.1, -0.05) is 27.2 Å². The zero-order valence-electron chi connectivity index (χ0n) is 16.1. The molecule has 3 amide bonds. The normalized spacial score (nSPS) is 26.5. The third-order valence-electron chi connectivity index (χ3n) is 6.42. The molecule has 1 aliphatic carbocycles. The van der Waals surface area contributed by atoms with Crippen LogP contribution >= 0.6 is 11.3 Å². The molecule has 2 fully saturated rings. The number of aryl methyl sites for hydroxylation is 1. The minimum Gasteiger partial charge on any atom is -0.323 e. The van der Waals surface area contributed by atoms with E-state index in [0.29, 0.717) is 23.6 Å². The summed E-state index contributed by atoms with van der Waals surface area (Å²) in [5.74, 6) is 0.161. The van der Waals surface area contributed by atoms with Crippen molar-refractivity contribution in [3.05, 3.63) is 21.9 Å². The van der Waals surface area contributed by atoms with E-state index >= 15 is 0 Å². The molecular formula is C20H28N2O3S. The average molecular weight is 377 g/mol. The van der Waals surface area contributed by atoms with Gasteiger partial charge in [0.1, 0.15) is 5.54 Å². The van der Waals surface area contributed by atoms with Crippen molar-refractivity contribution in [1.29, 1.82) is 0 Å². The second-order valence-corrected chi connectivity index (χ2v) is 9.64. The van der Waals surface area contributed by atoms with Gasteiger partial charge in [0.2, 0.25) is 0 Å². The lowest BCUT2D eigenvalue weighted by Gasteiger charge is -2.42. The van der Waals surface area contributed by atoms with Gasteiger partial charge in [-0.3, -0.25) is 14.5 Å². The van der Waals surface area contributed by atoms with Crippen LogP contribution in [0.15, 0.2) is 12.1 Å². The highest BCUT2D eigenvalue weighted by Gasteiger charge is 2.53. The lowest BCUT2D eigenvalue weighted by atomic mass is 9.65. The van der Waals surface area contributed by atoms with Crippen molar-refractivity contribution in [3.8, 4) is 0 Å². The Labute approximate surface area is 159 Å². The van der Waals surface area contributed by atoms with Gasteiger partial charge in [0.15, 0.2) is 5.78 Å². The predicted octanol–water partition coefficient (Wildman–Crippen LogP) is 4.16. The second-order valence-electron chi connectivity index (χ2n) is 8.35. The molecule has 1 aromatic heterocycles. The van der Waals surface area contributed by atoms with E-state index < -0.39 is 11.6 Å². The summed E-state index contributed by atoms with van der Waals surface area (Å²) in [5, 5.41) is 2.91. The highest BCUT2D eigenvalue weighted by Crippen LogP contribution is 2.45. The van der Waals surface area contributed by atoms with E-state index in [4.69, 9.17) is 0 Å². The molecule has 26 heavy (non-hydrogen) atoms. The first kappa shape index (κ1) is 19.1. The maximum Gasteiger partial charge on any atom is 0.325 e. The summed E-state index contributed by atoms with van der Waals surface area (Å²) in [6.07, 6.45) is 4.28. The number of urea groups is 1. The number of carbonyl (C=O) groups is 3. The maximum atomic E-state index is 13.0. The molecule has 1 N–H and O–H groups in total. The summed E-state index contributed by atoms with van der Waals surface area (Å²) >= 11 is 1.40. The van der Waals surface area contributed by atoms with E-state index in [1.54, 1.807) is 6.07 Å². The van der Waals surface area contributed by atoms with Gasteiger partial charge in [0.05, 0.1) is 11.4 Å². The molecule has 1 saturated carbocycles. The molecule has 5 nitrogen and oxygen atoms in total. The van der Waals surface area contributed by atoms with Gasteiger partial charge in [0, 0.05) is 4.88 Å². The first-order valence-corrected chi connectivity index (χ1v) is 10.2. The van der Waals surface area contributed by atoms with E-state index in [1.807, 2.05) is 13.0 Å². The Hall–Kier alpha value is -1.69. The van der Waals surface area contributed by atoms with E-state index in [2.05, 4.69) is 26.1 Å². The van der Waals surface area contributed by atoms with Crippen LogP contribution in [0.3, 0.4) is 0 Å². The van der Waals surface area contributed by atoms with E-state index in [9.17, 15) is 14.4 Å². The number of thiophene rings is 1. The van der Waals surface area contributed by atoms with Crippen LogP contribution in [0.2, 0.25) is 0 Å². The summed E-state index contributed by atoms with van der Waals surface area (Å²) in [4.78, 5) is 40.6. The van der Waals surface area contributed by atoms with Crippen molar-refractivity contribution in [1.82, 2.24) is 10.2 Å². The zero-order valence-corrected chi connectivity index (χ0v) is 16.9. The van der Waals surface area contributed by atoms with Gasteiger partial charge in [-0.15, -0.1) is 11.3 Å². The number of carbonyl (C=O) groups excluding carboxylic acids is 3. The Morgan fingerprint density at radius 1 is 1.31 bits per heavy atom. The molecule has 0 radical (unpaired) electrons. The summed E-state index contributed by atoms with van der Waals surface area (Å²) in [5.41, 5.74) is -0.553. The third kappa shape index (κ3) is 3.31. The highest BCUT2D eigenvalue weighted by molar-refractivity contribution is 7.14. The number of rotatable bonds is 5. The SMILES string of the molecule is CCC(C)(C)C1CCC2(CC1)NC(=O)N(CC(=O)c1ccc(C)s1)C2=O. The van der Waals surface area contributed by atoms with Crippen molar-refractivity contribution in [2.45, 2.75) is 65.3 Å². The average Bonchev–Trinajstić information content (AvgIpc) is 3.13. The lowest BCUT2D eigenvalue weighted by Crippen LogP contribution is -2.51. The Morgan fingerprint density at radius 2 is 1.96 bits per heavy atom. The molecular weight excluding hydrogens is 348 g/mol. The molecule has 3 rings (SSSR count). The zero-order chi connectivity index (χ0) is 19.1. The molecule has 1 saturated heterocycles. The smallest absolute Gasteiger partial charge is 0.323 e. The van der Waals surface area contributed by atoms with Gasteiger partial charge in [-0.05, 0) is 56.1 Å². The molecule has 2 aliphatic rings. The van der Waals surface area contributed by atoms with Crippen LogP contribution < -0.4 is 5.32 Å². The van der Waals surface area contributed by atoms with Crippen LogP contribution in [0, 0.1) is 18.3 Å². The fraction of sp³-hybridized carbons (Fsp3) is 0.650. The number of amides is 3. The molecule has 0 bridgehead atoms. The van der Waals surface area contributed by atoms with Crippen molar-refractivity contribution >= 4 is 29.1 Å². The summed E-state index contributed by atoms with van der Waals surface area (Å²) in [6, 6.07) is 3.21. The summed E-state index contributed by atoms with van der Waals surface area (Å²) < 4.78 is 0. The van der Waals surface area contributed by atoms with Crippen LogP contribution in [0.1, 0.15) is 67.4 Å². The molecule has 2 heterocycles. The molecule has 6 heteroatoms. The Morgan fingerprint density at radius 3 is 2.50 bits per heavy atom. The van der Waals surface area contributed by atoms with Gasteiger partial charge < -0.3 is 5.32 Å². The molecule has 142 valence electrons. The van der Waals surface area contributed by atoms with Gasteiger partial charge in [-0.2, -0.15) is 0 Å². The molecule has 1 spiro atoms. The number of hydrogen-bond acceptors (Lipinski definition) is 4. The molecule has 1 aliphatic heterocycles. The number of nitrogens with one attached hydrogen (secondary N) is 1. The molecule has 1 aromatic rings. The predicted molar refractivity (Wildman–Crippen MR) is 102 cm³/mol. The standard InChI is InChI=1S/C20H28N2O3S/c1-5-19(3,4)14-8-10-20(11-9-14)17(24)22(18(25)21-20)12-15(23)16-7-6-13(2)26-16/h6-7,14H,5,8-12H2,1-4H3,(H,21,25). The van der Waals surface area contributed by atoms with Crippen molar-refractivity contribution in [2.75, 3.05) is 6.54 Å². The molecule has 0 atom stereocenters. The molecule has 0 unspecified atom stereocenters. The monoisotopic (exact) mass is 376 g/mol. The topological polar surface area (TPSA) is 66.5 Å². The molecule has 0 aromatic carbocycles. The van der Waals surface area contributed by atoms with Crippen molar-refractivity contribution in [3.63, 3.8) is 0 Å². The quantitative estimate of drug-likeness (QED) is 0.620. The van der Waals surface area contributed by atoms with Gasteiger partial charge >= 0.3 is 6.03 Å². The van der Waals surface area contributed by atoms with E-state index in [0.717, 1.165) is 29.0 Å². The first-order chi connectivity index (χ1) is 12.2. The first-order valence-electron chi connectivity index (χ1n) is 9.42. The Balaban J connectivity index is 1.69. The number of hydrogen-bond donors (Lipinski definition) is 1. The minimum absolute atomic E-state index is 0.170. The number of nitrogens with zero attached hydrogens (tertiary/aromatic N) is 1. The van der Waals surface area contributed by atoms with Crippen LogP contribution in [0.4, 0.5) is 4.79 Å². The van der Waals surface area contributed by atoms with Crippen molar-refractivity contribution < 1.29 is 14.4 Å².